The molecule has 3 nitrogen and oxygen atoms in total. The molecular formula is C29H24ClN3PS+. The number of thioether (sulfide) groups is 1. The Hall–Kier alpha value is -3.35. The lowest BCUT2D eigenvalue weighted by atomic mass is 10.2. The number of imidazole rings is 1. The van der Waals surface area contributed by atoms with E-state index in [1.54, 1.807) is 0 Å². The highest BCUT2D eigenvalue weighted by Crippen LogP contribution is 2.55. The standard InChI is InChI=1S/C29H23N3PS.ClH/c30-21-22-34-29-28(31-27(32-29)23-13-5-1-6-14-23)33(24-15-7-2-8-16-24,25-17-9-3-10-18-25)26-19-11-4-12-20-26;/h1-20H,22H2,(H,31,32);1H/q+1;. The number of nitrogens with one attached hydrogen (secondary N) is 1. The van der Waals surface area contributed by atoms with Crippen LogP contribution >= 0.6 is 31.4 Å². The Morgan fingerprint density at radius 3 is 1.54 bits per heavy atom. The topological polar surface area (TPSA) is 52.5 Å². The maximum absolute atomic E-state index is 9.40. The minimum Gasteiger partial charge on any atom is -0.307 e. The minimum absolute atomic E-state index is 0. The van der Waals surface area contributed by atoms with Crippen LogP contribution in [0.4, 0.5) is 0 Å². The van der Waals surface area contributed by atoms with Crippen molar-refractivity contribution in [2.24, 2.45) is 0 Å². The van der Waals surface area contributed by atoms with Gasteiger partial charge in [0.1, 0.15) is 21.7 Å². The van der Waals surface area contributed by atoms with Gasteiger partial charge in [0, 0.05) is 5.56 Å². The Morgan fingerprint density at radius 2 is 1.11 bits per heavy atom. The molecule has 35 heavy (non-hydrogen) atoms. The fraction of sp³-hybridized carbons (Fsp3) is 0.0345. The minimum atomic E-state index is -2.33. The molecule has 5 rings (SSSR count). The van der Waals surface area contributed by atoms with E-state index in [1.165, 1.54) is 27.7 Å². The molecule has 0 aliphatic rings. The maximum Gasteiger partial charge on any atom is 0.210 e. The summed E-state index contributed by atoms with van der Waals surface area (Å²) in [7, 11) is -2.33. The average Bonchev–Trinajstić information content (AvgIpc) is 3.35. The summed E-state index contributed by atoms with van der Waals surface area (Å²) >= 11 is 1.50. The van der Waals surface area contributed by atoms with Gasteiger partial charge in [0.25, 0.3) is 0 Å². The van der Waals surface area contributed by atoms with Crippen LogP contribution in [0.15, 0.2) is 126 Å². The molecular weight excluding hydrogens is 489 g/mol. The van der Waals surface area contributed by atoms with Crippen molar-refractivity contribution in [3.05, 3.63) is 121 Å². The Labute approximate surface area is 217 Å². The Bertz CT molecular complexity index is 1310. The van der Waals surface area contributed by atoms with Gasteiger partial charge in [-0.25, -0.2) is 4.98 Å². The first kappa shape index (κ1) is 24.8. The van der Waals surface area contributed by atoms with E-state index in [1.807, 2.05) is 18.2 Å². The van der Waals surface area contributed by atoms with Crippen LogP contribution in [-0.4, -0.2) is 15.7 Å². The van der Waals surface area contributed by atoms with Gasteiger partial charge in [0.15, 0.2) is 12.3 Å². The van der Waals surface area contributed by atoms with Crippen molar-refractivity contribution in [2.45, 2.75) is 5.03 Å². The summed E-state index contributed by atoms with van der Waals surface area (Å²) in [6.45, 7) is 0. The molecule has 6 heteroatoms. The molecule has 0 unspecified atom stereocenters. The largest absolute Gasteiger partial charge is 0.307 e. The van der Waals surface area contributed by atoms with E-state index in [0.717, 1.165) is 21.8 Å². The van der Waals surface area contributed by atoms with Gasteiger partial charge in [-0.1, -0.05) is 96.7 Å². The van der Waals surface area contributed by atoms with Crippen molar-refractivity contribution >= 4 is 52.8 Å². The summed E-state index contributed by atoms with van der Waals surface area (Å²) in [6, 6.07) is 44.6. The highest BCUT2D eigenvalue weighted by molar-refractivity contribution is 8.04. The van der Waals surface area contributed by atoms with E-state index >= 15 is 0 Å². The smallest absolute Gasteiger partial charge is 0.210 e. The lowest BCUT2D eigenvalue weighted by molar-refractivity contribution is 1.21. The molecule has 4 aromatic carbocycles. The van der Waals surface area contributed by atoms with Crippen LogP contribution in [0, 0.1) is 11.3 Å². The van der Waals surface area contributed by atoms with Crippen LogP contribution in [-0.2, 0) is 0 Å². The quantitative estimate of drug-likeness (QED) is 0.224. The molecule has 0 amide bonds. The molecule has 0 radical (unpaired) electrons. The van der Waals surface area contributed by atoms with Gasteiger partial charge in [-0.15, -0.1) is 12.4 Å². The van der Waals surface area contributed by atoms with Gasteiger partial charge < -0.3 is 4.98 Å². The Morgan fingerprint density at radius 1 is 0.686 bits per heavy atom. The monoisotopic (exact) mass is 512 g/mol. The molecule has 0 saturated heterocycles. The SMILES string of the molecule is Cl.N#CCSc1nc(-c2ccccc2)[nH]c1[P+](c1ccccc1)(c1ccccc1)c1ccccc1. The summed E-state index contributed by atoms with van der Waals surface area (Å²) in [5.74, 6) is 1.16. The van der Waals surface area contributed by atoms with Gasteiger partial charge in [0.2, 0.25) is 5.44 Å². The van der Waals surface area contributed by atoms with Crippen molar-refractivity contribution in [2.75, 3.05) is 5.75 Å². The van der Waals surface area contributed by atoms with Gasteiger partial charge in [-0.3, -0.25) is 0 Å². The lowest BCUT2D eigenvalue weighted by Gasteiger charge is -2.26. The summed E-state index contributed by atoms with van der Waals surface area (Å²) in [5, 5.41) is 14.0. The molecule has 172 valence electrons. The molecule has 5 aromatic rings. The van der Waals surface area contributed by atoms with Crippen molar-refractivity contribution in [3.8, 4) is 17.5 Å². The van der Waals surface area contributed by atoms with Gasteiger partial charge in [0.05, 0.1) is 11.8 Å². The number of nitrogens with zero attached hydrogens (tertiary/aromatic N) is 2. The van der Waals surface area contributed by atoms with Crippen LogP contribution in [0.5, 0.6) is 0 Å². The molecule has 0 saturated carbocycles. The number of halogens is 1. The number of hydrogen-bond acceptors (Lipinski definition) is 3. The van der Waals surface area contributed by atoms with Gasteiger partial charge in [-0.05, 0) is 36.4 Å². The molecule has 0 atom stereocenters. The summed E-state index contributed by atoms with van der Waals surface area (Å²) in [6.07, 6.45) is 0. The number of hydrogen-bond donors (Lipinski definition) is 1. The molecule has 0 aliphatic carbocycles. The van der Waals surface area contributed by atoms with Crippen molar-refractivity contribution in [3.63, 3.8) is 0 Å². The van der Waals surface area contributed by atoms with Crippen molar-refractivity contribution < 1.29 is 0 Å². The van der Waals surface area contributed by atoms with Gasteiger partial charge in [-0.2, -0.15) is 5.26 Å². The lowest BCUT2D eigenvalue weighted by Crippen LogP contribution is -2.40. The van der Waals surface area contributed by atoms with E-state index in [4.69, 9.17) is 4.98 Å². The molecule has 1 heterocycles. The third-order valence-electron chi connectivity index (χ3n) is 5.74. The summed E-state index contributed by atoms with van der Waals surface area (Å²) in [4.78, 5) is 8.80. The van der Waals surface area contributed by atoms with Crippen LogP contribution in [0.25, 0.3) is 11.4 Å². The van der Waals surface area contributed by atoms with Crippen LogP contribution in [0.2, 0.25) is 0 Å². The fourth-order valence-corrected chi connectivity index (χ4v) is 9.59. The van der Waals surface area contributed by atoms with E-state index in [2.05, 4.69) is 114 Å². The predicted molar refractivity (Wildman–Crippen MR) is 152 cm³/mol. The first-order valence-electron chi connectivity index (χ1n) is 11.1. The third kappa shape index (κ3) is 4.77. The number of nitriles is 1. The second kappa shape index (κ2) is 11.4. The Balaban J connectivity index is 0.00000289. The van der Waals surface area contributed by atoms with Crippen molar-refractivity contribution in [1.29, 1.82) is 5.26 Å². The summed E-state index contributed by atoms with van der Waals surface area (Å²) in [5.41, 5.74) is 2.11. The van der Waals surface area contributed by atoms with Crippen molar-refractivity contribution in [1.82, 2.24) is 9.97 Å². The number of aromatic amines is 1. The first-order valence-corrected chi connectivity index (χ1v) is 13.8. The second-order valence-electron chi connectivity index (χ2n) is 7.73. The van der Waals surface area contributed by atoms with E-state index < -0.39 is 7.26 Å². The molecule has 1 N–H and O–H groups in total. The molecule has 0 aliphatic heterocycles. The van der Waals surface area contributed by atoms with Gasteiger partial charge >= 0.3 is 0 Å². The van der Waals surface area contributed by atoms with E-state index in [9.17, 15) is 5.26 Å². The summed E-state index contributed by atoms with van der Waals surface area (Å²) < 4.78 is 0. The van der Waals surface area contributed by atoms with Crippen LogP contribution in [0.3, 0.4) is 0 Å². The highest BCUT2D eigenvalue weighted by Gasteiger charge is 2.51. The predicted octanol–water partition coefficient (Wildman–Crippen LogP) is 5.73. The average molecular weight is 513 g/mol. The second-order valence-corrected chi connectivity index (χ2v) is 12.0. The zero-order chi connectivity index (χ0) is 23.2. The van der Waals surface area contributed by atoms with E-state index in [-0.39, 0.29) is 12.4 Å². The van der Waals surface area contributed by atoms with Crippen LogP contribution in [0.1, 0.15) is 0 Å². The first-order chi connectivity index (χ1) is 16.8. The third-order valence-corrected chi connectivity index (χ3v) is 10.9. The number of aromatic nitrogens is 2. The normalized spacial score (nSPS) is 10.8. The zero-order valence-electron chi connectivity index (χ0n) is 18.9. The maximum atomic E-state index is 9.40. The molecule has 0 bridgehead atoms. The highest BCUT2D eigenvalue weighted by atomic mass is 35.5. The molecule has 0 spiro atoms. The number of H-pyrrole nitrogens is 1. The van der Waals surface area contributed by atoms with E-state index in [0.29, 0.717) is 5.75 Å². The fourth-order valence-electron chi connectivity index (χ4n) is 4.30. The van der Waals surface area contributed by atoms with Crippen LogP contribution < -0.4 is 21.3 Å². The molecule has 1 aromatic heterocycles. The Kier molecular flexibility index (Phi) is 8.06. The number of benzene rings is 4. The number of rotatable bonds is 7. The molecule has 0 fully saturated rings. The zero-order valence-corrected chi connectivity index (χ0v) is 21.4.